The highest BCUT2D eigenvalue weighted by Crippen LogP contribution is 2.08. The molecule has 1 fully saturated rings. The van der Waals surface area contributed by atoms with Gasteiger partial charge in [0.15, 0.2) is 0 Å². The Morgan fingerprint density at radius 2 is 0.978 bits per heavy atom. The molecule has 1 atom stereocenters. The molecular formula is C30H55N7O9. The van der Waals surface area contributed by atoms with Crippen molar-refractivity contribution in [2.45, 2.75) is 52.4 Å². The van der Waals surface area contributed by atoms with E-state index in [0.29, 0.717) is 51.4 Å². The number of unbranched alkanes of at least 4 members (excludes halogenated alkanes) is 1. The zero-order valence-corrected chi connectivity index (χ0v) is 27.5. The van der Waals surface area contributed by atoms with Gasteiger partial charge < -0.3 is 31.3 Å². The largest absolute Gasteiger partial charge is 0.480 e. The minimum atomic E-state index is -1.03. The molecule has 0 bridgehead atoms. The summed E-state index contributed by atoms with van der Waals surface area (Å²) in [5.41, 5.74) is 0. The Labute approximate surface area is 271 Å². The SMILES string of the molecule is CCC(C)CCCNC(=O)CCCCNC(=O)CNC(=O)CN1CCN(CC(=O)O)CCN(CC(=O)O)CCN(CC(=O)O)CC1. The number of amides is 3. The van der Waals surface area contributed by atoms with Gasteiger partial charge in [0, 0.05) is 71.9 Å². The first-order valence-electron chi connectivity index (χ1n) is 16.2. The van der Waals surface area contributed by atoms with Crippen molar-refractivity contribution in [1.29, 1.82) is 0 Å². The normalized spacial score (nSPS) is 16.8. The van der Waals surface area contributed by atoms with Crippen LogP contribution in [0, 0.1) is 5.92 Å². The van der Waals surface area contributed by atoms with Gasteiger partial charge in [-0.3, -0.25) is 48.4 Å². The molecule has 1 unspecified atom stereocenters. The lowest BCUT2D eigenvalue weighted by Crippen LogP contribution is -2.50. The van der Waals surface area contributed by atoms with E-state index in [9.17, 15) is 44.1 Å². The number of nitrogens with one attached hydrogen (secondary N) is 3. The van der Waals surface area contributed by atoms with Crippen LogP contribution in [-0.4, -0.2) is 169 Å². The van der Waals surface area contributed by atoms with Crippen molar-refractivity contribution in [3.8, 4) is 0 Å². The van der Waals surface area contributed by atoms with Crippen LogP contribution in [0.2, 0.25) is 0 Å². The van der Waals surface area contributed by atoms with Gasteiger partial charge in [0.2, 0.25) is 17.7 Å². The molecule has 16 heteroatoms. The lowest BCUT2D eigenvalue weighted by atomic mass is 10.0. The van der Waals surface area contributed by atoms with Crippen molar-refractivity contribution >= 4 is 35.6 Å². The summed E-state index contributed by atoms with van der Waals surface area (Å²) < 4.78 is 0. The average Bonchev–Trinajstić information content (AvgIpc) is 2.98. The molecule has 0 saturated carbocycles. The maximum atomic E-state index is 12.7. The molecule has 3 amide bonds. The Morgan fingerprint density at radius 3 is 1.41 bits per heavy atom. The zero-order chi connectivity index (χ0) is 34.3. The van der Waals surface area contributed by atoms with Gasteiger partial charge in [0.05, 0.1) is 32.7 Å². The predicted octanol–water partition coefficient (Wildman–Crippen LogP) is -1.19. The minimum Gasteiger partial charge on any atom is -0.480 e. The second-order valence-corrected chi connectivity index (χ2v) is 11.9. The lowest BCUT2D eigenvalue weighted by molar-refractivity contribution is -0.140. The van der Waals surface area contributed by atoms with Gasteiger partial charge in [-0.05, 0) is 31.6 Å². The number of hydrogen-bond acceptors (Lipinski definition) is 10. The standard InChI is InChI=1S/C30H55N7O9/c1-3-24(2)7-6-10-31-25(38)8-4-5-9-32-26(39)19-33-27(40)20-34-11-13-35(21-28(41)42)15-17-37(23-30(45)46)18-16-36(14-12-34)22-29(43)44/h24H,3-23H2,1-2H3,(H,31,38)(H,32,39)(H,33,40)(H,41,42)(H,43,44)(H,45,46). The average molecular weight is 658 g/mol. The van der Waals surface area contributed by atoms with Crippen LogP contribution >= 0.6 is 0 Å². The van der Waals surface area contributed by atoms with Gasteiger partial charge in [-0.15, -0.1) is 0 Å². The van der Waals surface area contributed by atoms with Crippen LogP contribution in [0.4, 0.5) is 0 Å². The number of aliphatic carboxylic acids is 3. The number of rotatable bonds is 20. The van der Waals surface area contributed by atoms with Gasteiger partial charge in [-0.25, -0.2) is 0 Å². The molecule has 0 aromatic carbocycles. The van der Waals surface area contributed by atoms with Gasteiger partial charge in [-0.1, -0.05) is 20.3 Å². The summed E-state index contributed by atoms with van der Waals surface area (Å²) in [5, 5.41) is 36.2. The monoisotopic (exact) mass is 657 g/mol. The van der Waals surface area contributed by atoms with Crippen molar-refractivity contribution in [2.75, 3.05) is 98.2 Å². The molecule has 1 aliphatic rings. The van der Waals surface area contributed by atoms with E-state index >= 15 is 0 Å². The third-order valence-corrected chi connectivity index (χ3v) is 7.87. The second-order valence-electron chi connectivity index (χ2n) is 11.9. The van der Waals surface area contributed by atoms with Gasteiger partial charge in [-0.2, -0.15) is 0 Å². The van der Waals surface area contributed by atoms with E-state index < -0.39 is 23.8 Å². The predicted molar refractivity (Wildman–Crippen MR) is 170 cm³/mol. The van der Waals surface area contributed by atoms with Crippen LogP contribution in [0.15, 0.2) is 0 Å². The van der Waals surface area contributed by atoms with Crippen LogP contribution < -0.4 is 16.0 Å². The smallest absolute Gasteiger partial charge is 0.317 e. The maximum Gasteiger partial charge on any atom is 0.317 e. The van der Waals surface area contributed by atoms with Crippen molar-refractivity contribution < 1.29 is 44.1 Å². The molecule has 0 radical (unpaired) electrons. The van der Waals surface area contributed by atoms with E-state index in [-0.39, 0.29) is 83.8 Å². The summed E-state index contributed by atoms with van der Waals surface area (Å²) in [7, 11) is 0. The summed E-state index contributed by atoms with van der Waals surface area (Å²) in [6.45, 7) is 6.64. The fourth-order valence-corrected chi connectivity index (χ4v) is 4.89. The molecular weight excluding hydrogens is 602 g/mol. The van der Waals surface area contributed by atoms with E-state index in [1.807, 2.05) is 0 Å². The van der Waals surface area contributed by atoms with Crippen LogP contribution in [0.5, 0.6) is 0 Å². The second kappa shape index (κ2) is 23.9. The number of hydrogen-bond donors (Lipinski definition) is 6. The molecule has 0 aromatic heterocycles. The molecule has 1 rings (SSSR count). The van der Waals surface area contributed by atoms with E-state index in [2.05, 4.69) is 29.8 Å². The number of carbonyl (C=O) groups is 6. The maximum absolute atomic E-state index is 12.7. The third-order valence-electron chi connectivity index (χ3n) is 7.87. The van der Waals surface area contributed by atoms with E-state index in [4.69, 9.17) is 0 Å². The van der Waals surface area contributed by atoms with Gasteiger partial charge in [0.25, 0.3) is 0 Å². The summed E-state index contributed by atoms with van der Waals surface area (Å²) >= 11 is 0. The molecule has 1 heterocycles. The van der Waals surface area contributed by atoms with Crippen LogP contribution in [0.1, 0.15) is 52.4 Å². The van der Waals surface area contributed by atoms with E-state index in [1.165, 1.54) is 0 Å². The molecule has 46 heavy (non-hydrogen) atoms. The van der Waals surface area contributed by atoms with E-state index in [1.54, 1.807) is 19.6 Å². The molecule has 16 nitrogen and oxygen atoms in total. The highest BCUT2D eigenvalue weighted by molar-refractivity contribution is 5.85. The number of nitrogens with zero attached hydrogens (tertiary/aromatic N) is 4. The lowest BCUT2D eigenvalue weighted by Gasteiger charge is -2.32. The van der Waals surface area contributed by atoms with Crippen LogP contribution in [0.3, 0.4) is 0 Å². The Hall–Kier alpha value is -3.34. The molecule has 1 aliphatic heterocycles. The number of carboxylic acids is 3. The van der Waals surface area contributed by atoms with Crippen molar-refractivity contribution in [3.05, 3.63) is 0 Å². The summed E-state index contributed by atoms with van der Waals surface area (Å²) in [6.07, 6.45) is 4.83. The molecule has 0 spiro atoms. The topological polar surface area (TPSA) is 212 Å². The number of carbonyl (C=O) groups excluding carboxylic acids is 3. The van der Waals surface area contributed by atoms with Gasteiger partial charge >= 0.3 is 17.9 Å². The quantitative estimate of drug-likeness (QED) is 0.0851. The minimum absolute atomic E-state index is 0.00165. The Morgan fingerprint density at radius 1 is 0.565 bits per heavy atom. The van der Waals surface area contributed by atoms with Crippen molar-refractivity contribution in [3.63, 3.8) is 0 Å². The molecule has 0 aliphatic carbocycles. The molecule has 6 N–H and O–H groups in total. The fraction of sp³-hybridized carbons (Fsp3) is 0.800. The fourth-order valence-electron chi connectivity index (χ4n) is 4.89. The Bertz CT molecular complexity index is 937. The zero-order valence-electron chi connectivity index (χ0n) is 27.5. The Kier molecular flexibility index (Phi) is 21.2. The van der Waals surface area contributed by atoms with Crippen LogP contribution in [-0.2, 0) is 28.8 Å². The molecule has 264 valence electrons. The Balaban J connectivity index is 2.54. The number of carboxylic acid groups (broad SMARTS) is 3. The highest BCUT2D eigenvalue weighted by atomic mass is 16.4. The molecule has 1 saturated heterocycles. The first-order chi connectivity index (χ1) is 21.9. The van der Waals surface area contributed by atoms with Crippen molar-refractivity contribution in [1.82, 2.24) is 35.6 Å². The first-order valence-corrected chi connectivity index (χ1v) is 16.2. The summed E-state index contributed by atoms with van der Waals surface area (Å²) in [6, 6.07) is 0. The summed E-state index contributed by atoms with van der Waals surface area (Å²) in [5.74, 6) is -3.21. The van der Waals surface area contributed by atoms with Crippen LogP contribution in [0.25, 0.3) is 0 Å². The first kappa shape index (κ1) is 40.7. The summed E-state index contributed by atoms with van der Waals surface area (Å²) in [4.78, 5) is 77.9. The van der Waals surface area contributed by atoms with Gasteiger partial charge in [0.1, 0.15) is 0 Å². The van der Waals surface area contributed by atoms with Crippen molar-refractivity contribution in [2.24, 2.45) is 5.92 Å². The van der Waals surface area contributed by atoms with E-state index in [0.717, 1.165) is 19.3 Å². The highest BCUT2D eigenvalue weighted by Gasteiger charge is 2.21. The molecule has 0 aromatic rings. The third kappa shape index (κ3) is 21.4.